The summed E-state index contributed by atoms with van der Waals surface area (Å²) in [6.45, 7) is 4.18. The molecule has 0 saturated heterocycles. The lowest BCUT2D eigenvalue weighted by molar-refractivity contribution is -0.115. The highest BCUT2D eigenvalue weighted by atomic mass is 32.2. The summed E-state index contributed by atoms with van der Waals surface area (Å²) in [7, 11) is 1.65. The summed E-state index contributed by atoms with van der Waals surface area (Å²) in [5, 5.41) is 5.52. The van der Waals surface area contributed by atoms with E-state index in [1.54, 1.807) is 18.9 Å². The van der Waals surface area contributed by atoms with Gasteiger partial charge in [-0.1, -0.05) is 12.1 Å². The van der Waals surface area contributed by atoms with Gasteiger partial charge in [0.1, 0.15) is 5.75 Å². The Kier molecular flexibility index (Phi) is 6.53. The highest BCUT2D eigenvalue weighted by Gasteiger charge is 2.09. The number of nitrogens with zero attached hydrogens (tertiary/aromatic N) is 1. The monoisotopic (exact) mass is 398 g/mol. The lowest BCUT2D eigenvalue weighted by atomic mass is 10.1. The smallest absolute Gasteiger partial charge is 0.226 e. The van der Waals surface area contributed by atoms with E-state index < -0.39 is 0 Å². The summed E-state index contributed by atoms with van der Waals surface area (Å²) in [6, 6.07) is 14.1. The number of hydrogen-bond donors (Lipinski definition) is 1. The zero-order valence-electron chi connectivity index (χ0n) is 15.6. The number of thioether (sulfide) groups is 1. The minimum absolute atomic E-state index is 0.0167. The van der Waals surface area contributed by atoms with Gasteiger partial charge in [-0.25, -0.2) is 4.98 Å². The number of carbonyl (C=O) groups excluding carboxylic acids is 1. The van der Waals surface area contributed by atoms with Gasteiger partial charge in [-0.15, -0.1) is 23.1 Å². The fourth-order valence-corrected chi connectivity index (χ4v) is 4.07. The predicted octanol–water partition coefficient (Wildman–Crippen LogP) is 5.56. The summed E-state index contributed by atoms with van der Waals surface area (Å²) in [4.78, 5) is 17.8. The van der Waals surface area contributed by atoms with E-state index in [2.05, 4.69) is 42.3 Å². The number of benzene rings is 2. The topological polar surface area (TPSA) is 51.2 Å². The van der Waals surface area contributed by atoms with Crippen molar-refractivity contribution in [2.45, 2.75) is 25.2 Å². The summed E-state index contributed by atoms with van der Waals surface area (Å²) in [5.74, 6) is 1.53. The number of amides is 1. The Morgan fingerprint density at radius 1 is 1.15 bits per heavy atom. The molecule has 140 valence electrons. The highest BCUT2D eigenvalue weighted by Crippen LogP contribution is 2.27. The van der Waals surface area contributed by atoms with Crippen LogP contribution in [0.1, 0.15) is 17.5 Å². The maximum Gasteiger partial charge on any atom is 0.226 e. The van der Waals surface area contributed by atoms with Crippen LogP contribution in [0.3, 0.4) is 0 Å². The van der Waals surface area contributed by atoms with Crippen LogP contribution in [0, 0.1) is 13.8 Å². The Labute approximate surface area is 168 Å². The number of carbonyl (C=O) groups is 1. The van der Waals surface area contributed by atoms with Crippen LogP contribution in [-0.2, 0) is 4.79 Å². The van der Waals surface area contributed by atoms with E-state index in [4.69, 9.17) is 4.74 Å². The first-order chi connectivity index (χ1) is 13.0. The Balaban J connectivity index is 1.50. The van der Waals surface area contributed by atoms with Crippen LogP contribution in [-0.4, -0.2) is 23.8 Å². The van der Waals surface area contributed by atoms with Crippen LogP contribution in [0.2, 0.25) is 0 Å². The zero-order chi connectivity index (χ0) is 19.2. The van der Waals surface area contributed by atoms with Crippen LogP contribution >= 0.6 is 23.1 Å². The standard InChI is InChI=1S/C21H22N2O2S2/c1-14-4-5-16(12-15(14)2)19-13-27-21(22-19)23-20(24)10-11-26-18-8-6-17(25-3)7-9-18/h4-9,12-13H,10-11H2,1-3H3,(H,22,23,24). The second-order valence-corrected chi connectivity index (χ2v) is 8.19. The molecule has 1 heterocycles. The fraction of sp³-hybridized carbons (Fsp3) is 0.238. The molecule has 0 aliphatic rings. The maximum atomic E-state index is 12.2. The first-order valence-electron chi connectivity index (χ1n) is 8.65. The highest BCUT2D eigenvalue weighted by molar-refractivity contribution is 7.99. The van der Waals surface area contributed by atoms with Crippen LogP contribution in [0.25, 0.3) is 11.3 Å². The zero-order valence-corrected chi connectivity index (χ0v) is 17.2. The van der Waals surface area contributed by atoms with Gasteiger partial charge in [-0.3, -0.25) is 4.79 Å². The van der Waals surface area contributed by atoms with Gasteiger partial charge in [0.2, 0.25) is 5.91 Å². The summed E-state index contributed by atoms with van der Waals surface area (Å²) >= 11 is 3.10. The first-order valence-corrected chi connectivity index (χ1v) is 10.5. The first kappa shape index (κ1) is 19.5. The molecule has 3 rings (SSSR count). The minimum atomic E-state index is -0.0167. The molecule has 27 heavy (non-hydrogen) atoms. The molecular weight excluding hydrogens is 376 g/mol. The number of ether oxygens (including phenoxy) is 1. The molecule has 1 aromatic heterocycles. The molecule has 0 fully saturated rings. The average molecular weight is 399 g/mol. The van der Waals surface area contributed by atoms with Gasteiger partial charge in [-0.05, 0) is 55.3 Å². The van der Waals surface area contributed by atoms with Crippen LogP contribution < -0.4 is 10.1 Å². The van der Waals surface area contributed by atoms with E-state index in [0.29, 0.717) is 17.3 Å². The molecule has 1 amide bonds. The molecule has 0 spiro atoms. The van der Waals surface area contributed by atoms with Gasteiger partial charge < -0.3 is 10.1 Å². The van der Waals surface area contributed by atoms with Crippen molar-refractivity contribution in [2.75, 3.05) is 18.2 Å². The van der Waals surface area contributed by atoms with Crippen molar-refractivity contribution >= 4 is 34.1 Å². The number of methoxy groups -OCH3 is 1. The van der Waals surface area contributed by atoms with Crippen molar-refractivity contribution in [3.8, 4) is 17.0 Å². The molecule has 0 radical (unpaired) electrons. The third-order valence-corrected chi connectivity index (χ3v) is 5.98. The van der Waals surface area contributed by atoms with Crippen LogP contribution in [0.5, 0.6) is 5.75 Å². The van der Waals surface area contributed by atoms with Gasteiger partial charge >= 0.3 is 0 Å². The third kappa shape index (κ3) is 5.34. The number of hydrogen-bond acceptors (Lipinski definition) is 5. The van der Waals surface area contributed by atoms with E-state index in [9.17, 15) is 4.79 Å². The van der Waals surface area contributed by atoms with Crippen molar-refractivity contribution in [2.24, 2.45) is 0 Å². The van der Waals surface area contributed by atoms with Gasteiger partial charge in [0.05, 0.1) is 12.8 Å². The maximum absolute atomic E-state index is 12.2. The van der Waals surface area contributed by atoms with E-state index in [1.807, 2.05) is 29.6 Å². The Morgan fingerprint density at radius 2 is 1.93 bits per heavy atom. The normalized spacial score (nSPS) is 10.6. The predicted molar refractivity (Wildman–Crippen MR) is 114 cm³/mol. The van der Waals surface area contributed by atoms with Crippen molar-refractivity contribution in [3.05, 3.63) is 59.0 Å². The molecule has 0 aliphatic carbocycles. The number of rotatable bonds is 7. The quantitative estimate of drug-likeness (QED) is 0.530. The molecule has 1 N–H and O–H groups in total. The Hall–Kier alpha value is -2.31. The Morgan fingerprint density at radius 3 is 2.63 bits per heavy atom. The number of nitrogens with one attached hydrogen (secondary N) is 1. The van der Waals surface area contributed by atoms with Crippen molar-refractivity contribution in [1.82, 2.24) is 4.98 Å². The second-order valence-electron chi connectivity index (χ2n) is 6.16. The number of thiazole rings is 1. The number of anilines is 1. The molecule has 0 atom stereocenters. The van der Waals surface area contributed by atoms with Gasteiger partial charge in [0.15, 0.2) is 5.13 Å². The van der Waals surface area contributed by atoms with E-state index >= 15 is 0 Å². The second kappa shape index (κ2) is 9.06. The summed E-state index contributed by atoms with van der Waals surface area (Å²) in [6.07, 6.45) is 0.440. The van der Waals surface area contributed by atoms with Gasteiger partial charge in [-0.2, -0.15) is 0 Å². The van der Waals surface area contributed by atoms with Crippen LogP contribution in [0.15, 0.2) is 52.7 Å². The number of aromatic nitrogens is 1. The summed E-state index contributed by atoms with van der Waals surface area (Å²) < 4.78 is 5.15. The molecule has 3 aromatic rings. The lowest BCUT2D eigenvalue weighted by Gasteiger charge is -2.04. The van der Waals surface area contributed by atoms with E-state index in [1.165, 1.54) is 22.5 Å². The van der Waals surface area contributed by atoms with Crippen molar-refractivity contribution in [3.63, 3.8) is 0 Å². The molecule has 6 heteroatoms. The van der Waals surface area contributed by atoms with Gasteiger partial charge in [0, 0.05) is 28.0 Å². The molecule has 0 saturated carbocycles. The molecule has 2 aromatic carbocycles. The fourth-order valence-electron chi connectivity index (χ4n) is 2.48. The molecule has 0 aliphatic heterocycles. The minimum Gasteiger partial charge on any atom is -0.497 e. The SMILES string of the molecule is COc1ccc(SCCC(=O)Nc2nc(-c3ccc(C)c(C)c3)cs2)cc1. The molecular formula is C21H22N2O2S2. The van der Waals surface area contributed by atoms with Gasteiger partial charge in [0.25, 0.3) is 0 Å². The largest absolute Gasteiger partial charge is 0.497 e. The van der Waals surface area contributed by atoms with Crippen molar-refractivity contribution in [1.29, 1.82) is 0 Å². The molecule has 0 bridgehead atoms. The third-order valence-electron chi connectivity index (χ3n) is 4.21. The van der Waals surface area contributed by atoms with Crippen molar-refractivity contribution < 1.29 is 9.53 Å². The molecule has 0 unspecified atom stereocenters. The van der Waals surface area contributed by atoms with Crippen LogP contribution in [0.4, 0.5) is 5.13 Å². The average Bonchev–Trinajstić information content (AvgIpc) is 3.13. The number of aryl methyl sites for hydroxylation is 2. The van der Waals surface area contributed by atoms with E-state index in [-0.39, 0.29) is 5.91 Å². The molecule has 4 nitrogen and oxygen atoms in total. The summed E-state index contributed by atoms with van der Waals surface area (Å²) in [5.41, 5.74) is 4.47. The lowest BCUT2D eigenvalue weighted by Crippen LogP contribution is -2.11. The van der Waals surface area contributed by atoms with E-state index in [0.717, 1.165) is 21.9 Å². The Bertz CT molecular complexity index is 920.